The minimum Gasteiger partial charge on any atom is -0.493 e. The van der Waals surface area contributed by atoms with Crippen molar-refractivity contribution in [3.8, 4) is 11.5 Å². The van der Waals surface area contributed by atoms with Gasteiger partial charge in [-0.3, -0.25) is 0 Å². The van der Waals surface area contributed by atoms with Crippen LogP contribution in [0.15, 0.2) is 46.9 Å². The highest BCUT2D eigenvalue weighted by Gasteiger charge is 2.14. The Morgan fingerprint density at radius 1 is 1.13 bits per heavy atom. The van der Waals surface area contributed by atoms with E-state index in [4.69, 9.17) is 9.47 Å². The molecule has 1 N–H and O–H groups in total. The first kappa shape index (κ1) is 17.8. The predicted molar refractivity (Wildman–Crippen MR) is 98.3 cm³/mol. The number of hydrogen-bond acceptors (Lipinski definition) is 3. The second-order valence-corrected chi connectivity index (χ2v) is 6.59. The summed E-state index contributed by atoms with van der Waals surface area (Å²) in [5.74, 6) is 1.57. The zero-order valence-electron chi connectivity index (χ0n) is 13.9. The van der Waals surface area contributed by atoms with E-state index in [1.54, 1.807) is 7.11 Å². The molecule has 0 aromatic heterocycles. The van der Waals surface area contributed by atoms with E-state index < -0.39 is 0 Å². The maximum absolute atomic E-state index is 5.95. The molecule has 0 saturated heterocycles. The molecule has 124 valence electrons. The molecule has 0 aliphatic heterocycles. The van der Waals surface area contributed by atoms with Gasteiger partial charge in [0.15, 0.2) is 11.5 Å². The summed E-state index contributed by atoms with van der Waals surface area (Å²) in [4.78, 5) is 0. The Bertz CT molecular complexity index is 614. The van der Waals surface area contributed by atoms with Gasteiger partial charge in [0.25, 0.3) is 0 Å². The van der Waals surface area contributed by atoms with Gasteiger partial charge in [0, 0.05) is 16.6 Å². The average molecular weight is 378 g/mol. The van der Waals surface area contributed by atoms with Crippen LogP contribution in [0.2, 0.25) is 0 Å². The maximum Gasteiger partial charge on any atom is 0.166 e. The third-order valence-electron chi connectivity index (χ3n) is 3.42. The molecule has 0 aliphatic carbocycles. The summed E-state index contributed by atoms with van der Waals surface area (Å²) < 4.78 is 12.4. The number of ether oxygens (including phenoxy) is 2. The van der Waals surface area contributed by atoms with Crippen LogP contribution in [0.1, 0.15) is 25.0 Å². The van der Waals surface area contributed by atoms with Gasteiger partial charge in [0.1, 0.15) is 0 Å². The van der Waals surface area contributed by atoms with Gasteiger partial charge in [-0.15, -0.1) is 0 Å². The molecular formula is C19H24BrNO2. The average Bonchev–Trinajstić information content (AvgIpc) is 2.54. The van der Waals surface area contributed by atoms with Gasteiger partial charge >= 0.3 is 0 Å². The normalized spacial score (nSPS) is 10.8. The monoisotopic (exact) mass is 377 g/mol. The standard InChI is InChI=1S/C19H24BrNO2/c1-14(2)23-19-16(11-17(20)12-18(19)22-3)13-21-10-9-15-7-5-4-6-8-15/h4-8,11-12,14,21H,9-10,13H2,1-3H3. The lowest BCUT2D eigenvalue weighted by atomic mass is 10.1. The summed E-state index contributed by atoms with van der Waals surface area (Å²) in [7, 11) is 1.67. The van der Waals surface area contributed by atoms with Crippen LogP contribution in [0.4, 0.5) is 0 Å². The summed E-state index contributed by atoms with van der Waals surface area (Å²) >= 11 is 3.54. The molecule has 23 heavy (non-hydrogen) atoms. The Balaban J connectivity index is 2.01. The van der Waals surface area contributed by atoms with Crippen LogP contribution >= 0.6 is 15.9 Å². The lowest BCUT2D eigenvalue weighted by Crippen LogP contribution is -2.18. The fourth-order valence-electron chi connectivity index (χ4n) is 2.38. The SMILES string of the molecule is COc1cc(Br)cc(CNCCc2ccccc2)c1OC(C)C. The molecule has 0 aliphatic rings. The molecule has 0 saturated carbocycles. The van der Waals surface area contributed by atoms with E-state index >= 15 is 0 Å². The Morgan fingerprint density at radius 3 is 2.52 bits per heavy atom. The van der Waals surface area contributed by atoms with Crippen molar-refractivity contribution in [2.45, 2.75) is 32.9 Å². The molecule has 0 unspecified atom stereocenters. The third kappa shape index (κ3) is 5.56. The van der Waals surface area contributed by atoms with Crippen molar-refractivity contribution in [1.82, 2.24) is 5.32 Å². The molecule has 0 fully saturated rings. The van der Waals surface area contributed by atoms with E-state index in [2.05, 4.69) is 51.6 Å². The first-order valence-corrected chi connectivity index (χ1v) is 8.67. The summed E-state index contributed by atoms with van der Waals surface area (Å²) in [6.45, 7) is 5.70. The van der Waals surface area contributed by atoms with Crippen LogP contribution in [0, 0.1) is 0 Å². The highest BCUT2D eigenvalue weighted by molar-refractivity contribution is 9.10. The molecule has 4 heteroatoms. The minimum absolute atomic E-state index is 0.105. The van der Waals surface area contributed by atoms with E-state index in [1.807, 2.05) is 26.0 Å². The fraction of sp³-hybridized carbons (Fsp3) is 0.368. The molecule has 2 aromatic carbocycles. The Hall–Kier alpha value is -1.52. The predicted octanol–water partition coefficient (Wildman–Crippen LogP) is 4.58. The van der Waals surface area contributed by atoms with E-state index in [1.165, 1.54) is 5.56 Å². The molecule has 0 amide bonds. The van der Waals surface area contributed by atoms with Crippen molar-refractivity contribution < 1.29 is 9.47 Å². The second-order valence-electron chi connectivity index (χ2n) is 5.68. The van der Waals surface area contributed by atoms with Crippen LogP contribution in [-0.4, -0.2) is 19.8 Å². The van der Waals surface area contributed by atoms with Crippen molar-refractivity contribution >= 4 is 15.9 Å². The van der Waals surface area contributed by atoms with Crippen molar-refractivity contribution in [2.75, 3.05) is 13.7 Å². The highest BCUT2D eigenvalue weighted by atomic mass is 79.9. The molecule has 0 atom stereocenters. The van der Waals surface area contributed by atoms with Crippen LogP contribution in [0.25, 0.3) is 0 Å². The van der Waals surface area contributed by atoms with E-state index in [-0.39, 0.29) is 6.10 Å². The Labute approximate surface area is 147 Å². The zero-order valence-corrected chi connectivity index (χ0v) is 15.5. The van der Waals surface area contributed by atoms with Crippen molar-refractivity contribution in [3.05, 3.63) is 58.1 Å². The van der Waals surface area contributed by atoms with Crippen LogP contribution in [0.5, 0.6) is 11.5 Å². The molecule has 0 radical (unpaired) electrons. The number of hydrogen-bond donors (Lipinski definition) is 1. The first-order valence-electron chi connectivity index (χ1n) is 7.88. The van der Waals surface area contributed by atoms with E-state index in [0.717, 1.165) is 41.0 Å². The molecular weight excluding hydrogens is 354 g/mol. The molecule has 0 bridgehead atoms. The van der Waals surface area contributed by atoms with Crippen LogP contribution < -0.4 is 14.8 Å². The van der Waals surface area contributed by atoms with Crippen molar-refractivity contribution in [1.29, 1.82) is 0 Å². The lowest BCUT2D eigenvalue weighted by molar-refractivity contribution is 0.227. The number of rotatable bonds is 8. The van der Waals surface area contributed by atoms with Gasteiger partial charge in [0.05, 0.1) is 13.2 Å². The van der Waals surface area contributed by atoms with Crippen molar-refractivity contribution in [2.24, 2.45) is 0 Å². The minimum atomic E-state index is 0.105. The highest BCUT2D eigenvalue weighted by Crippen LogP contribution is 2.35. The molecule has 0 heterocycles. The number of methoxy groups -OCH3 is 1. The van der Waals surface area contributed by atoms with Gasteiger partial charge < -0.3 is 14.8 Å². The Morgan fingerprint density at radius 2 is 1.87 bits per heavy atom. The molecule has 2 rings (SSSR count). The topological polar surface area (TPSA) is 30.5 Å². The second kappa shape index (κ2) is 8.94. The largest absolute Gasteiger partial charge is 0.493 e. The van der Waals surface area contributed by atoms with Gasteiger partial charge in [0.2, 0.25) is 0 Å². The van der Waals surface area contributed by atoms with Gasteiger partial charge in [-0.05, 0) is 44.5 Å². The van der Waals surface area contributed by atoms with E-state index in [0.29, 0.717) is 0 Å². The van der Waals surface area contributed by atoms with Crippen LogP contribution in [0.3, 0.4) is 0 Å². The van der Waals surface area contributed by atoms with Gasteiger partial charge in [-0.25, -0.2) is 0 Å². The lowest BCUT2D eigenvalue weighted by Gasteiger charge is -2.18. The maximum atomic E-state index is 5.95. The summed E-state index contributed by atoms with van der Waals surface area (Å²) in [5, 5.41) is 3.49. The zero-order chi connectivity index (χ0) is 16.7. The summed E-state index contributed by atoms with van der Waals surface area (Å²) in [5.41, 5.74) is 2.43. The van der Waals surface area contributed by atoms with Crippen LogP contribution in [-0.2, 0) is 13.0 Å². The Kier molecular flexibility index (Phi) is 6.93. The molecule has 0 spiro atoms. The smallest absolute Gasteiger partial charge is 0.166 e. The van der Waals surface area contributed by atoms with Crippen molar-refractivity contribution in [3.63, 3.8) is 0 Å². The number of nitrogens with one attached hydrogen (secondary N) is 1. The summed E-state index contributed by atoms with van der Waals surface area (Å²) in [6.07, 6.45) is 1.11. The van der Waals surface area contributed by atoms with Gasteiger partial charge in [-0.1, -0.05) is 46.3 Å². The number of halogens is 1. The quantitative estimate of drug-likeness (QED) is 0.683. The molecule has 3 nitrogen and oxygen atoms in total. The molecule has 2 aromatic rings. The fourth-order valence-corrected chi connectivity index (χ4v) is 2.86. The number of benzene rings is 2. The first-order chi connectivity index (χ1) is 11.1. The van der Waals surface area contributed by atoms with Gasteiger partial charge in [-0.2, -0.15) is 0 Å². The third-order valence-corrected chi connectivity index (χ3v) is 3.88. The van der Waals surface area contributed by atoms with E-state index in [9.17, 15) is 0 Å². The summed E-state index contributed by atoms with van der Waals surface area (Å²) in [6, 6.07) is 14.5.